The van der Waals surface area contributed by atoms with Gasteiger partial charge in [0.15, 0.2) is 0 Å². The van der Waals surface area contributed by atoms with Crippen LogP contribution in [-0.4, -0.2) is 43.7 Å². The number of hydrogen-bond acceptors (Lipinski definition) is 11. The molecule has 0 amide bonds. The van der Waals surface area contributed by atoms with Crippen LogP contribution in [0.2, 0.25) is 0 Å². The van der Waals surface area contributed by atoms with Gasteiger partial charge >= 0.3 is 24.1 Å². The fourth-order valence-corrected chi connectivity index (χ4v) is 3.23. The van der Waals surface area contributed by atoms with Gasteiger partial charge < -0.3 is 28.4 Å². The minimum absolute atomic E-state index is 0.0806. The molecule has 3 aromatic carbocycles. The molecular weight excluding hydrogens is 536 g/mol. The maximum atomic E-state index is 12.6. The Morgan fingerprint density at radius 1 is 0.707 bits per heavy atom. The summed E-state index contributed by atoms with van der Waals surface area (Å²) in [6, 6.07) is 16.0. The first-order chi connectivity index (χ1) is 19.8. The lowest BCUT2D eigenvalue weighted by Gasteiger charge is -2.10. The molecule has 0 aliphatic carbocycles. The maximum absolute atomic E-state index is 12.6. The Morgan fingerprint density at radius 3 is 1.85 bits per heavy atom. The highest BCUT2D eigenvalue weighted by Gasteiger charge is 2.14. The van der Waals surface area contributed by atoms with Crippen LogP contribution in [0.1, 0.15) is 39.1 Å². The first kappa shape index (κ1) is 30.1. The van der Waals surface area contributed by atoms with Crippen molar-refractivity contribution in [3.05, 3.63) is 96.1 Å². The monoisotopic (exact) mass is 562 g/mol. The molecule has 0 N–H and O–H groups in total. The third-order valence-electron chi connectivity index (χ3n) is 5.29. The molecule has 0 aliphatic heterocycles. The molecular formula is C30H26O11. The van der Waals surface area contributed by atoms with Crippen molar-refractivity contribution in [1.82, 2.24) is 0 Å². The van der Waals surface area contributed by atoms with E-state index in [9.17, 15) is 24.0 Å². The SMILES string of the molecule is C=CC(=O)OCCCCOC(=O)Oc1ccc(C(=O)Oc2ccc(OC(=O)c3ccc(OC=O)cc3)c(C)c2)cc1. The topological polar surface area (TPSA) is 141 Å². The van der Waals surface area contributed by atoms with Gasteiger partial charge in [-0.2, -0.15) is 0 Å². The van der Waals surface area contributed by atoms with E-state index >= 15 is 0 Å². The van der Waals surface area contributed by atoms with Crippen molar-refractivity contribution in [2.75, 3.05) is 13.2 Å². The molecule has 0 heterocycles. The Morgan fingerprint density at radius 2 is 1.27 bits per heavy atom. The summed E-state index contributed by atoms with van der Waals surface area (Å²) in [5.41, 5.74) is 1.00. The van der Waals surface area contributed by atoms with Gasteiger partial charge in [-0.05, 0) is 92.1 Å². The second-order valence-electron chi connectivity index (χ2n) is 8.25. The van der Waals surface area contributed by atoms with Crippen LogP contribution in [0, 0.1) is 6.92 Å². The van der Waals surface area contributed by atoms with Gasteiger partial charge in [0.2, 0.25) is 0 Å². The quantitative estimate of drug-likeness (QED) is 0.0694. The summed E-state index contributed by atoms with van der Waals surface area (Å²) in [5.74, 6) is -0.834. The highest BCUT2D eigenvalue weighted by atomic mass is 16.7. The van der Waals surface area contributed by atoms with E-state index in [-0.39, 0.29) is 53.8 Å². The molecule has 3 aromatic rings. The predicted octanol–water partition coefficient (Wildman–Crippen LogP) is 4.99. The van der Waals surface area contributed by atoms with Crippen molar-refractivity contribution >= 4 is 30.5 Å². The summed E-state index contributed by atoms with van der Waals surface area (Å²) in [6.45, 7) is 5.53. The van der Waals surface area contributed by atoms with Crippen molar-refractivity contribution in [3.63, 3.8) is 0 Å². The van der Waals surface area contributed by atoms with Crippen molar-refractivity contribution in [3.8, 4) is 23.0 Å². The van der Waals surface area contributed by atoms with Crippen LogP contribution < -0.4 is 18.9 Å². The minimum atomic E-state index is -0.913. The number of benzene rings is 3. The molecule has 0 atom stereocenters. The van der Waals surface area contributed by atoms with E-state index < -0.39 is 24.1 Å². The molecule has 0 saturated heterocycles. The smallest absolute Gasteiger partial charge is 0.463 e. The van der Waals surface area contributed by atoms with E-state index in [0.717, 1.165) is 6.08 Å². The number of unbranched alkanes of at least 4 members (excludes halogenated alkanes) is 1. The molecule has 3 rings (SSSR count). The van der Waals surface area contributed by atoms with Crippen molar-refractivity contribution < 1.29 is 52.4 Å². The van der Waals surface area contributed by atoms with Crippen LogP contribution in [0.4, 0.5) is 4.79 Å². The van der Waals surface area contributed by atoms with E-state index in [4.69, 9.17) is 28.4 Å². The van der Waals surface area contributed by atoms with Crippen LogP contribution in [0.5, 0.6) is 23.0 Å². The number of esters is 3. The Hall–Kier alpha value is -5.45. The van der Waals surface area contributed by atoms with Gasteiger partial charge in [0.1, 0.15) is 23.0 Å². The molecule has 41 heavy (non-hydrogen) atoms. The highest BCUT2D eigenvalue weighted by Crippen LogP contribution is 2.25. The van der Waals surface area contributed by atoms with Gasteiger partial charge in [-0.3, -0.25) is 4.79 Å². The molecule has 0 aromatic heterocycles. The summed E-state index contributed by atoms with van der Waals surface area (Å²) < 4.78 is 30.3. The number of carbonyl (C=O) groups excluding carboxylic acids is 5. The lowest BCUT2D eigenvalue weighted by molar-refractivity contribution is -0.137. The highest BCUT2D eigenvalue weighted by molar-refractivity contribution is 5.92. The fraction of sp³-hybridized carbons (Fsp3) is 0.167. The lowest BCUT2D eigenvalue weighted by Crippen LogP contribution is -2.13. The molecule has 0 saturated carbocycles. The van der Waals surface area contributed by atoms with E-state index in [1.54, 1.807) is 13.0 Å². The number of aryl methyl sites for hydroxylation is 1. The summed E-state index contributed by atoms with van der Waals surface area (Å²) >= 11 is 0. The fourth-order valence-electron chi connectivity index (χ4n) is 3.23. The Kier molecular flexibility index (Phi) is 11.2. The third kappa shape index (κ3) is 9.66. The normalized spacial score (nSPS) is 10.1. The zero-order valence-corrected chi connectivity index (χ0v) is 22.0. The van der Waals surface area contributed by atoms with Gasteiger partial charge in [0.25, 0.3) is 6.47 Å². The molecule has 212 valence electrons. The first-order valence-electron chi connectivity index (χ1n) is 12.3. The average molecular weight is 563 g/mol. The standard InChI is InChI=1S/C30H26O11/c1-3-27(32)36-16-4-5-17-37-30(35)40-24-12-8-21(9-13-24)28(33)39-25-14-15-26(20(2)18-25)41-29(34)22-6-10-23(11-7-22)38-19-31/h3,6-15,18-19H,1,4-5,16-17H2,2H3. The maximum Gasteiger partial charge on any atom is 0.513 e. The summed E-state index contributed by atoms with van der Waals surface area (Å²) in [4.78, 5) is 58.1. The largest absolute Gasteiger partial charge is 0.513 e. The van der Waals surface area contributed by atoms with Crippen molar-refractivity contribution in [2.45, 2.75) is 19.8 Å². The molecule has 0 aliphatic rings. The lowest BCUT2D eigenvalue weighted by atomic mass is 10.2. The van der Waals surface area contributed by atoms with Gasteiger partial charge in [0.05, 0.1) is 24.3 Å². The van der Waals surface area contributed by atoms with Crippen molar-refractivity contribution in [2.24, 2.45) is 0 Å². The Labute approximate surface area is 235 Å². The van der Waals surface area contributed by atoms with Crippen LogP contribution in [-0.2, 0) is 19.1 Å². The summed E-state index contributed by atoms with van der Waals surface area (Å²) in [7, 11) is 0. The van der Waals surface area contributed by atoms with Crippen LogP contribution >= 0.6 is 0 Å². The van der Waals surface area contributed by atoms with Gasteiger partial charge in [-0.25, -0.2) is 19.2 Å². The molecule has 0 bridgehead atoms. The molecule has 11 nitrogen and oxygen atoms in total. The van der Waals surface area contributed by atoms with Gasteiger partial charge in [0, 0.05) is 6.08 Å². The second kappa shape index (κ2) is 15.2. The Balaban J connectivity index is 1.46. The van der Waals surface area contributed by atoms with E-state index in [2.05, 4.69) is 6.58 Å². The zero-order chi connectivity index (χ0) is 29.6. The van der Waals surface area contributed by atoms with Crippen molar-refractivity contribution in [1.29, 1.82) is 0 Å². The van der Waals surface area contributed by atoms with Crippen LogP contribution in [0.25, 0.3) is 0 Å². The van der Waals surface area contributed by atoms with Crippen LogP contribution in [0.3, 0.4) is 0 Å². The van der Waals surface area contributed by atoms with E-state index in [1.165, 1.54) is 60.7 Å². The van der Waals surface area contributed by atoms with E-state index in [0.29, 0.717) is 18.4 Å². The zero-order valence-electron chi connectivity index (χ0n) is 22.0. The molecule has 11 heteroatoms. The number of rotatable bonds is 13. The summed E-state index contributed by atoms with van der Waals surface area (Å²) in [5, 5.41) is 0. The molecule has 0 radical (unpaired) electrons. The molecule has 0 unspecified atom stereocenters. The Bertz CT molecular complexity index is 1390. The van der Waals surface area contributed by atoms with Crippen LogP contribution in [0.15, 0.2) is 79.4 Å². The predicted molar refractivity (Wildman–Crippen MR) is 143 cm³/mol. The minimum Gasteiger partial charge on any atom is -0.463 e. The average Bonchev–Trinajstić information content (AvgIpc) is 2.97. The first-order valence-corrected chi connectivity index (χ1v) is 12.3. The molecule has 0 fully saturated rings. The number of ether oxygens (including phenoxy) is 6. The number of hydrogen-bond donors (Lipinski definition) is 0. The number of carbonyl (C=O) groups is 5. The third-order valence-corrected chi connectivity index (χ3v) is 5.29. The van der Waals surface area contributed by atoms with Gasteiger partial charge in [-0.1, -0.05) is 6.58 Å². The second-order valence-corrected chi connectivity index (χ2v) is 8.25. The summed E-state index contributed by atoms with van der Waals surface area (Å²) in [6.07, 6.45) is 1.13. The van der Waals surface area contributed by atoms with Gasteiger partial charge in [-0.15, -0.1) is 0 Å². The van der Waals surface area contributed by atoms with E-state index in [1.807, 2.05) is 0 Å². The molecule has 0 spiro atoms.